The standard InChI is InChI=1S/C9H7Cl3F12S/c1-4(13,14)6(17,18)8(21,22)9(23,24)7(19,20)5(15,16)2-3-25(10,11)12/h2-3H2,1H3. The van der Waals surface area contributed by atoms with Gasteiger partial charge in [0.25, 0.3) is 0 Å². The van der Waals surface area contributed by atoms with E-state index in [-0.39, 0.29) is 0 Å². The molecule has 154 valence electrons. The van der Waals surface area contributed by atoms with Crippen molar-refractivity contribution in [1.82, 2.24) is 0 Å². The normalized spacial score (nSPS) is 17.0. The van der Waals surface area contributed by atoms with Gasteiger partial charge < -0.3 is 0 Å². The molecule has 0 unspecified atom stereocenters. The molecule has 0 amide bonds. The summed E-state index contributed by atoms with van der Waals surface area (Å²) in [4.78, 5) is 0. The van der Waals surface area contributed by atoms with E-state index in [1.807, 2.05) is 0 Å². The maximum absolute atomic E-state index is 13.3. The second kappa shape index (κ2) is 6.77. The van der Waals surface area contributed by atoms with Gasteiger partial charge in [-0.25, -0.2) is 0 Å². The molecule has 0 rings (SSSR count). The molecule has 0 atom stereocenters. The zero-order valence-corrected chi connectivity index (χ0v) is 14.6. The highest BCUT2D eigenvalue weighted by Crippen LogP contribution is 2.66. The van der Waals surface area contributed by atoms with Crippen LogP contribution < -0.4 is 0 Å². The zero-order valence-electron chi connectivity index (χ0n) is 11.5. The van der Waals surface area contributed by atoms with E-state index >= 15 is 0 Å². The number of hydrogen-bond acceptors (Lipinski definition) is 0. The van der Waals surface area contributed by atoms with Crippen molar-refractivity contribution in [3.63, 3.8) is 0 Å². The van der Waals surface area contributed by atoms with Gasteiger partial charge >= 0.3 is 35.5 Å². The largest absolute Gasteiger partial charge is 0.384 e. The summed E-state index contributed by atoms with van der Waals surface area (Å²) in [5.74, 6) is -42.9. The Hall–Kier alpha value is 0.380. The fourth-order valence-electron chi connectivity index (χ4n) is 1.30. The number of rotatable bonds is 8. The number of alkyl halides is 12. The molecule has 0 saturated carbocycles. The van der Waals surface area contributed by atoms with Crippen LogP contribution in [-0.2, 0) is 0 Å². The van der Waals surface area contributed by atoms with Crippen LogP contribution in [0.1, 0.15) is 13.3 Å². The van der Waals surface area contributed by atoms with E-state index in [4.69, 9.17) is 32.0 Å². The Morgan fingerprint density at radius 2 is 0.920 bits per heavy atom. The summed E-state index contributed by atoms with van der Waals surface area (Å²) in [7, 11) is 11.5. The summed E-state index contributed by atoms with van der Waals surface area (Å²) < 4.78 is 157. The molecule has 0 saturated heterocycles. The lowest BCUT2D eigenvalue weighted by Crippen LogP contribution is -2.70. The van der Waals surface area contributed by atoms with Crippen LogP contribution in [0.15, 0.2) is 0 Å². The molecule has 0 fully saturated rings. The Labute approximate surface area is 147 Å². The average Bonchev–Trinajstić information content (AvgIpc) is 2.33. The highest BCUT2D eigenvalue weighted by atomic mass is 36.2. The molecule has 0 aliphatic carbocycles. The van der Waals surface area contributed by atoms with Crippen LogP contribution in [0, 0.1) is 0 Å². The zero-order chi connectivity index (χ0) is 20.9. The minimum Gasteiger partial charge on any atom is -0.200 e. The first kappa shape index (κ1) is 25.4. The molecule has 25 heavy (non-hydrogen) atoms. The second-order valence-electron chi connectivity index (χ2n) is 4.85. The van der Waals surface area contributed by atoms with Crippen molar-refractivity contribution in [3.05, 3.63) is 0 Å². The van der Waals surface area contributed by atoms with E-state index in [1.165, 1.54) is 0 Å². The van der Waals surface area contributed by atoms with Gasteiger partial charge in [0.2, 0.25) is 0 Å². The topological polar surface area (TPSA) is 0 Å². The Bertz CT molecular complexity index is 481. The molecular weight excluding hydrogens is 475 g/mol. The summed E-state index contributed by atoms with van der Waals surface area (Å²) in [6.45, 7) is -0.973. The van der Waals surface area contributed by atoms with Gasteiger partial charge in [-0.05, 0) is 39.7 Å². The van der Waals surface area contributed by atoms with Crippen LogP contribution in [0.3, 0.4) is 0 Å². The van der Waals surface area contributed by atoms with Crippen LogP contribution in [0.2, 0.25) is 0 Å². The van der Waals surface area contributed by atoms with E-state index in [2.05, 4.69) is 0 Å². The lowest BCUT2D eigenvalue weighted by atomic mass is 9.91. The van der Waals surface area contributed by atoms with Gasteiger partial charge in [-0.15, -0.1) is 0 Å². The van der Waals surface area contributed by atoms with Gasteiger partial charge in [-0.3, -0.25) is 0 Å². The second-order valence-corrected chi connectivity index (χ2v) is 12.4. The Morgan fingerprint density at radius 1 is 0.600 bits per heavy atom. The smallest absolute Gasteiger partial charge is 0.200 e. The Kier molecular flexibility index (Phi) is 6.87. The van der Waals surface area contributed by atoms with Gasteiger partial charge in [0, 0.05) is 19.1 Å². The lowest BCUT2D eigenvalue weighted by Gasteiger charge is -2.41. The van der Waals surface area contributed by atoms with Crippen molar-refractivity contribution in [2.24, 2.45) is 0 Å². The molecule has 16 heteroatoms. The monoisotopic (exact) mass is 480 g/mol. The van der Waals surface area contributed by atoms with Crippen molar-refractivity contribution in [1.29, 1.82) is 0 Å². The third-order valence-corrected chi connectivity index (χ3v) is 4.90. The molecule has 0 aliphatic rings. The third kappa shape index (κ3) is 4.45. The van der Waals surface area contributed by atoms with Crippen molar-refractivity contribution in [2.75, 3.05) is 5.75 Å². The minimum atomic E-state index is -7.57. The lowest BCUT2D eigenvalue weighted by molar-refractivity contribution is -0.423. The van der Waals surface area contributed by atoms with Crippen LogP contribution in [-0.4, -0.2) is 41.3 Å². The van der Waals surface area contributed by atoms with E-state index in [0.29, 0.717) is 0 Å². The molecule has 0 aromatic heterocycles. The molecule has 0 N–H and O–H groups in total. The van der Waals surface area contributed by atoms with Crippen molar-refractivity contribution >= 4 is 39.7 Å². The summed E-state index contributed by atoms with van der Waals surface area (Å²) in [5.41, 5.74) is 0. The summed E-state index contributed by atoms with van der Waals surface area (Å²) >= 11 is 0. The van der Waals surface area contributed by atoms with Gasteiger partial charge in [0.15, 0.2) is 0 Å². The summed E-state index contributed by atoms with van der Waals surface area (Å²) in [6.07, 6.45) is -2.41. The van der Waals surface area contributed by atoms with Crippen LogP contribution in [0.5, 0.6) is 0 Å². The highest BCUT2D eigenvalue weighted by molar-refractivity contribution is 8.79. The first-order valence-corrected chi connectivity index (χ1v) is 9.90. The van der Waals surface area contributed by atoms with Crippen molar-refractivity contribution < 1.29 is 52.7 Å². The minimum absolute atomic E-state index is 0.973. The summed E-state index contributed by atoms with van der Waals surface area (Å²) in [6, 6.07) is 0. The first-order valence-electron chi connectivity index (χ1n) is 5.62. The Morgan fingerprint density at radius 3 is 1.20 bits per heavy atom. The average molecular weight is 482 g/mol. The number of halogens is 15. The first-order chi connectivity index (χ1) is 10.5. The van der Waals surface area contributed by atoms with Crippen molar-refractivity contribution in [2.45, 2.75) is 48.9 Å². The molecule has 0 bridgehead atoms. The van der Waals surface area contributed by atoms with Gasteiger partial charge in [0.05, 0.1) is 0 Å². The van der Waals surface area contributed by atoms with E-state index in [0.717, 1.165) is 0 Å². The fraction of sp³-hybridized carbons (Fsp3) is 1.00. The van der Waals surface area contributed by atoms with E-state index < -0.39 is 62.3 Å². The maximum Gasteiger partial charge on any atom is 0.384 e. The molecule has 0 aliphatic heterocycles. The highest BCUT2D eigenvalue weighted by Gasteiger charge is 2.89. The quantitative estimate of drug-likeness (QED) is 0.316. The van der Waals surface area contributed by atoms with Gasteiger partial charge in [-0.2, -0.15) is 52.7 Å². The van der Waals surface area contributed by atoms with Crippen LogP contribution in [0.25, 0.3) is 0 Å². The molecule has 0 nitrogen and oxygen atoms in total. The SMILES string of the molecule is CC(F)(F)C(F)(F)C(F)(F)C(F)(F)C(F)(F)C(F)(F)CCS(Cl)(Cl)Cl. The summed E-state index contributed by atoms with van der Waals surface area (Å²) in [5, 5.41) is 0. The predicted molar refractivity (Wildman–Crippen MR) is 70.0 cm³/mol. The fourth-order valence-corrected chi connectivity index (χ4v) is 2.48. The van der Waals surface area contributed by atoms with Crippen molar-refractivity contribution in [3.8, 4) is 0 Å². The maximum atomic E-state index is 13.3. The molecule has 0 spiro atoms. The number of hydrogen-bond donors (Lipinski definition) is 0. The van der Waals surface area contributed by atoms with E-state index in [1.54, 1.807) is 0 Å². The molecule has 0 radical (unpaired) electrons. The molecule has 0 heterocycles. The predicted octanol–water partition coefficient (Wildman–Crippen LogP) is 7.47. The van der Waals surface area contributed by atoms with Crippen LogP contribution >= 0.6 is 39.7 Å². The third-order valence-electron chi connectivity index (χ3n) is 2.84. The van der Waals surface area contributed by atoms with Crippen LogP contribution in [0.4, 0.5) is 52.7 Å². The molecular formula is C9H7Cl3F12S. The molecule has 0 aromatic rings. The van der Waals surface area contributed by atoms with Gasteiger partial charge in [-0.1, -0.05) is 0 Å². The van der Waals surface area contributed by atoms with E-state index in [9.17, 15) is 52.7 Å². The Balaban J connectivity index is 6.03. The van der Waals surface area contributed by atoms with Gasteiger partial charge in [0.1, 0.15) is 0 Å². The molecule has 0 aromatic carbocycles.